The zero-order valence-electron chi connectivity index (χ0n) is 12.3. The fourth-order valence-electron chi connectivity index (χ4n) is 1.61. The van der Waals surface area contributed by atoms with Crippen molar-refractivity contribution < 1.29 is 9.21 Å². The number of amides is 1. The van der Waals surface area contributed by atoms with Crippen molar-refractivity contribution in [3.05, 3.63) is 30.2 Å². The Morgan fingerprint density at radius 2 is 2.00 bits per heavy atom. The van der Waals surface area contributed by atoms with Gasteiger partial charge in [0.25, 0.3) is 5.22 Å². The first-order valence-electron chi connectivity index (χ1n) is 6.61. The second kappa shape index (κ2) is 7.12. The van der Waals surface area contributed by atoms with Gasteiger partial charge < -0.3 is 14.6 Å². The molecule has 1 amide bonds. The number of rotatable bonds is 6. The third kappa shape index (κ3) is 4.49. The molecular weight excluding hydrogens is 288 g/mol. The van der Waals surface area contributed by atoms with E-state index in [-0.39, 0.29) is 11.7 Å². The van der Waals surface area contributed by atoms with E-state index in [0.29, 0.717) is 17.5 Å². The summed E-state index contributed by atoms with van der Waals surface area (Å²) in [5.74, 6) is 0.715. The van der Waals surface area contributed by atoms with Crippen molar-refractivity contribution in [2.24, 2.45) is 0 Å². The van der Waals surface area contributed by atoms with Crippen LogP contribution in [0.2, 0.25) is 0 Å². The van der Waals surface area contributed by atoms with E-state index in [2.05, 4.69) is 15.5 Å². The van der Waals surface area contributed by atoms with Crippen LogP contribution in [-0.2, 0) is 11.2 Å². The number of carbonyl (C=O) groups excluding carboxylic acids is 1. The van der Waals surface area contributed by atoms with Crippen LogP contribution < -0.4 is 10.2 Å². The average Bonchev–Trinajstić information content (AvgIpc) is 2.94. The minimum atomic E-state index is -0.103. The summed E-state index contributed by atoms with van der Waals surface area (Å²) in [6.07, 6.45) is 0.692. The van der Waals surface area contributed by atoms with Crippen molar-refractivity contribution in [1.29, 1.82) is 0 Å². The number of nitrogens with one attached hydrogen (secondary N) is 1. The van der Waals surface area contributed by atoms with Crippen LogP contribution in [0, 0.1) is 0 Å². The lowest BCUT2D eigenvalue weighted by atomic mass is 10.2. The molecule has 7 heteroatoms. The first-order chi connectivity index (χ1) is 10.1. The van der Waals surface area contributed by atoms with Gasteiger partial charge >= 0.3 is 0 Å². The van der Waals surface area contributed by atoms with E-state index in [1.54, 1.807) is 0 Å². The zero-order chi connectivity index (χ0) is 15.2. The Hall–Kier alpha value is -2.02. The molecule has 6 nitrogen and oxygen atoms in total. The zero-order valence-corrected chi connectivity index (χ0v) is 13.1. The van der Waals surface area contributed by atoms with Crippen LogP contribution in [0.25, 0.3) is 0 Å². The molecule has 0 atom stereocenters. The fourth-order valence-corrected chi connectivity index (χ4v) is 2.19. The molecule has 0 saturated heterocycles. The van der Waals surface area contributed by atoms with E-state index < -0.39 is 0 Å². The molecule has 1 aromatic heterocycles. The Morgan fingerprint density at radius 1 is 1.29 bits per heavy atom. The number of hydrogen-bond acceptors (Lipinski definition) is 6. The van der Waals surface area contributed by atoms with E-state index in [9.17, 15) is 4.79 Å². The lowest BCUT2D eigenvalue weighted by Gasteiger charge is -2.12. The third-order valence-electron chi connectivity index (χ3n) is 2.74. The third-order valence-corrected chi connectivity index (χ3v) is 3.56. The molecule has 0 aliphatic heterocycles. The van der Waals surface area contributed by atoms with Crippen molar-refractivity contribution in [3.63, 3.8) is 0 Å². The Labute approximate surface area is 127 Å². The number of aromatic nitrogens is 2. The van der Waals surface area contributed by atoms with Crippen molar-refractivity contribution in [2.75, 3.05) is 30.1 Å². The molecule has 1 heterocycles. The van der Waals surface area contributed by atoms with Crippen LogP contribution in [0.4, 0.5) is 11.4 Å². The molecule has 0 fully saturated rings. The van der Waals surface area contributed by atoms with Gasteiger partial charge in [0.15, 0.2) is 0 Å². The molecule has 112 valence electrons. The van der Waals surface area contributed by atoms with Gasteiger partial charge in [0, 0.05) is 31.9 Å². The summed E-state index contributed by atoms with van der Waals surface area (Å²) in [7, 11) is 3.94. The normalized spacial score (nSPS) is 10.4. The summed E-state index contributed by atoms with van der Waals surface area (Å²) in [5, 5.41) is 11.0. The average molecular weight is 306 g/mol. The maximum atomic E-state index is 11.8. The summed E-state index contributed by atoms with van der Waals surface area (Å²) >= 11 is 1.23. The molecule has 0 aliphatic carbocycles. The van der Waals surface area contributed by atoms with Crippen LogP contribution in [0.5, 0.6) is 0 Å². The summed E-state index contributed by atoms with van der Waals surface area (Å²) in [6, 6.07) is 7.65. The second-order valence-corrected chi connectivity index (χ2v) is 5.52. The topological polar surface area (TPSA) is 71.3 Å². The highest BCUT2D eigenvalue weighted by Crippen LogP contribution is 2.18. The van der Waals surface area contributed by atoms with Crippen molar-refractivity contribution in [1.82, 2.24) is 10.2 Å². The Balaban J connectivity index is 1.83. The van der Waals surface area contributed by atoms with Gasteiger partial charge in [-0.15, -0.1) is 10.2 Å². The first kappa shape index (κ1) is 15.4. The summed E-state index contributed by atoms with van der Waals surface area (Å²) in [4.78, 5) is 13.9. The lowest BCUT2D eigenvalue weighted by molar-refractivity contribution is -0.113. The van der Waals surface area contributed by atoms with Crippen LogP contribution >= 0.6 is 11.8 Å². The number of aryl methyl sites for hydroxylation is 1. The number of anilines is 2. The molecule has 1 aromatic carbocycles. The van der Waals surface area contributed by atoms with Crippen LogP contribution in [0.3, 0.4) is 0 Å². The smallest absolute Gasteiger partial charge is 0.277 e. The number of carbonyl (C=O) groups is 1. The molecule has 0 aliphatic rings. The molecule has 0 bridgehead atoms. The lowest BCUT2D eigenvalue weighted by Crippen LogP contribution is -2.14. The minimum absolute atomic E-state index is 0.103. The molecule has 2 aromatic rings. The minimum Gasteiger partial charge on any atom is -0.416 e. The molecule has 21 heavy (non-hydrogen) atoms. The number of hydrogen-bond donors (Lipinski definition) is 1. The van der Waals surface area contributed by atoms with E-state index in [1.165, 1.54) is 11.8 Å². The van der Waals surface area contributed by atoms with Gasteiger partial charge in [0.1, 0.15) is 0 Å². The predicted octanol–water partition coefficient (Wildman–Crippen LogP) is 2.43. The molecule has 1 N–H and O–H groups in total. The molecule has 0 spiro atoms. The van der Waals surface area contributed by atoms with E-state index >= 15 is 0 Å². The quantitative estimate of drug-likeness (QED) is 0.827. The Morgan fingerprint density at radius 3 is 2.57 bits per heavy atom. The molecule has 0 radical (unpaired) electrons. The van der Waals surface area contributed by atoms with Crippen LogP contribution in [-0.4, -0.2) is 36.0 Å². The molecular formula is C14H18N4O2S. The maximum absolute atomic E-state index is 11.8. The van der Waals surface area contributed by atoms with Crippen LogP contribution in [0.15, 0.2) is 33.9 Å². The summed E-state index contributed by atoms with van der Waals surface area (Å²) in [5.41, 5.74) is 1.85. The molecule has 2 rings (SSSR count). The van der Waals surface area contributed by atoms with Crippen LogP contribution in [0.1, 0.15) is 12.8 Å². The Kier molecular flexibility index (Phi) is 5.21. The Bertz CT molecular complexity index is 595. The SMILES string of the molecule is CCc1nnc(SCC(=O)Nc2ccc(N(C)C)cc2)o1. The van der Waals surface area contributed by atoms with Gasteiger partial charge in [-0.2, -0.15) is 0 Å². The van der Waals surface area contributed by atoms with Gasteiger partial charge in [-0.3, -0.25) is 4.79 Å². The largest absolute Gasteiger partial charge is 0.416 e. The summed E-state index contributed by atoms with van der Waals surface area (Å²) < 4.78 is 5.33. The maximum Gasteiger partial charge on any atom is 0.277 e. The highest BCUT2D eigenvalue weighted by Gasteiger charge is 2.09. The first-order valence-corrected chi connectivity index (χ1v) is 7.59. The standard InChI is InChI=1S/C14H18N4O2S/c1-4-13-16-17-14(20-13)21-9-12(19)15-10-5-7-11(8-6-10)18(2)3/h5-8H,4,9H2,1-3H3,(H,15,19). The number of nitrogens with zero attached hydrogens (tertiary/aromatic N) is 3. The molecule has 0 unspecified atom stereocenters. The second-order valence-electron chi connectivity index (χ2n) is 4.59. The number of thioether (sulfide) groups is 1. The van der Waals surface area contributed by atoms with Gasteiger partial charge in [0.2, 0.25) is 11.8 Å². The van der Waals surface area contributed by atoms with Gasteiger partial charge in [0.05, 0.1) is 5.75 Å². The predicted molar refractivity (Wildman–Crippen MR) is 83.8 cm³/mol. The highest BCUT2D eigenvalue weighted by atomic mass is 32.2. The highest BCUT2D eigenvalue weighted by molar-refractivity contribution is 7.99. The van der Waals surface area contributed by atoms with E-state index in [0.717, 1.165) is 11.4 Å². The molecule has 0 saturated carbocycles. The fraction of sp³-hybridized carbons (Fsp3) is 0.357. The monoisotopic (exact) mass is 306 g/mol. The van der Waals surface area contributed by atoms with Gasteiger partial charge in [-0.25, -0.2) is 0 Å². The van der Waals surface area contributed by atoms with Crippen molar-refractivity contribution >= 4 is 29.0 Å². The van der Waals surface area contributed by atoms with E-state index in [4.69, 9.17) is 4.42 Å². The van der Waals surface area contributed by atoms with Crippen molar-refractivity contribution in [3.8, 4) is 0 Å². The van der Waals surface area contributed by atoms with Crippen molar-refractivity contribution in [2.45, 2.75) is 18.6 Å². The summed E-state index contributed by atoms with van der Waals surface area (Å²) in [6.45, 7) is 1.94. The van der Waals surface area contributed by atoms with Gasteiger partial charge in [-0.05, 0) is 24.3 Å². The number of benzene rings is 1. The van der Waals surface area contributed by atoms with Gasteiger partial charge in [-0.1, -0.05) is 18.7 Å². The van der Waals surface area contributed by atoms with E-state index in [1.807, 2.05) is 50.2 Å².